The number of rotatable bonds is 13. The number of para-hydroxylation sites is 2. The third-order valence-electron chi connectivity index (χ3n) is 12.3. The number of amides is 6. The van der Waals surface area contributed by atoms with Crippen LogP contribution >= 0.6 is 21.6 Å². The molecule has 1 unspecified atom stereocenters. The molecule has 4 heterocycles. The summed E-state index contributed by atoms with van der Waals surface area (Å²) in [5, 5.41) is 14.6. The van der Waals surface area contributed by atoms with Gasteiger partial charge in [-0.05, 0) is 75.9 Å². The number of carbonyl (C=O) groups excluding carboxylic acids is 6. The first-order valence-electron chi connectivity index (χ1n) is 20.8. The molecule has 0 bridgehead atoms. The van der Waals surface area contributed by atoms with Gasteiger partial charge in [-0.15, -0.1) is 0 Å². The number of nitrogens with one attached hydrogen (secondary N) is 5. The Morgan fingerprint density at radius 2 is 1.18 bits per heavy atom. The van der Waals surface area contributed by atoms with Crippen molar-refractivity contribution in [2.75, 3.05) is 44.6 Å². The second kappa shape index (κ2) is 19.0. The van der Waals surface area contributed by atoms with E-state index in [1.54, 1.807) is 46.0 Å². The lowest BCUT2D eigenvalue weighted by molar-refractivity contribution is -0.149. The van der Waals surface area contributed by atoms with E-state index in [9.17, 15) is 28.8 Å². The van der Waals surface area contributed by atoms with Crippen molar-refractivity contribution in [3.05, 3.63) is 48.5 Å². The summed E-state index contributed by atoms with van der Waals surface area (Å²) in [7, 11) is 7.86. The van der Waals surface area contributed by atoms with E-state index < -0.39 is 59.5 Å². The molecule has 4 aliphatic heterocycles. The molecule has 0 aromatic heterocycles. The van der Waals surface area contributed by atoms with Gasteiger partial charge in [-0.2, -0.15) is 0 Å². The van der Waals surface area contributed by atoms with Crippen LogP contribution < -0.4 is 31.5 Å². The minimum atomic E-state index is -0.875. The van der Waals surface area contributed by atoms with Crippen LogP contribution in [-0.2, 0) is 38.2 Å². The van der Waals surface area contributed by atoms with E-state index in [2.05, 4.69) is 26.6 Å². The molecule has 2 aromatic carbocycles. The number of ether oxygens (including phenoxy) is 2. The minimum absolute atomic E-state index is 0.260. The summed E-state index contributed by atoms with van der Waals surface area (Å²) in [6.45, 7) is 11.7. The van der Waals surface area contributed by atoms with Crippen LogP contribution in [0.2, 0.25) is 0 Å². The molecule has 16 nitrogen and oxygen atoms in total. The van der Waals surface area contributed by atoms with Crippen molar-refractivity contribution >= 4 is 68.4 Å². The smallest absolute Gasteiger partial charge is 0.250 e. The number of nitrogens with zero attached hydrogens (tertiary/aromatic N) is 3. The third kappa shape index (κ3) is 9.74. The van der Waals surface area contributed by atoms with Gasteiger partial charge in [0.1, 0.15) is 36.6 Å². The van der Waals surface area contributed by atoms with E-state index >= 15 is 0 Å². The van der Waals surface area contributed by atoms with Crippen molar-refractivity contribution in [3.8, 4) is 0 Å². The van der Waals surface area contributed by atoms with E-state index in [1.807, 2.05) is 70.2 Å². The standard InChI is InChI=1S/C43H60N8O8S2/c1-24(44-7)36(52)47-27-18-20-58-32-22-42(3,4)34(50(32)39(27)55)38(54)46-26-14-10-12-16-30(26)60-61-31-17-13-11-15-29(31)49(9)41(57)35-43(5,6)23-33-51(35)40(56)28(19-21-59-33)48-37(53)25(2)45-8/h10-17,24-25,27-28,32-35,44-45H,18-23H2,1-9H3,(H,46,54)(H,47,52)(H,48,53)/t24-,25-,27-,28-,32-,33-,34+,35?/m0/s1. The lowest BCUT2D eigenvalue weighted by Gasteiger charge is -2.36. The number of carbonyl (C=O) groups is 6. The molecule has 6 amide bonds. The zero-order valence-electron chi connectivity index (χ0n) is 36.4. The highest BCUT2D eigenvalue weighted by Crippen LogP contribution is 2.48. The molecular weight excluding hydrogens is 821 g/mol. The van der Waals surface area contributed by atoms with Gasteiger partial charge in [-0.3, -0.25) is 28.8 Å². The van der Waals surface area contributed by atoms with Gasteiger partial charge < -0.3 is 50.8 Å². The molecule has 6 rings (SSSR count). The molecule has 2 aromatic rings. The minimum Gasteiger partial charge on any atom is -0.358 e. The van der Waals surface area contributed by atoms with Crippen molar-refractivity contribution in [1.29, 1.82) is 0 Å². The maximum Gasteiger partial charge on any atom is 0.250 e. The van der Waals surface area contributed by atoms with E-state index in [-0.39, 0.29) is 48.7 Å². The van der Waals surface area contributed by atoms with Crippen LogP contribution in [0.25, 0.3) is 0 Å². The molecule has 0 saturated carbocycles. The molecule has 8 atom stereocenters. The van der Waals surface area contributed by atoms with Gasteiger partial charge in [0.2, 0.25) is 35.4 Å². The summed E-state index contributed by atoms with van der Waals surface area (Å²) in [6.07, 6.45) is 0.270. The predicted molar refractivity (Wildman–Crippen MR) is 234 cm³/mol. The van der Waals surface area contributed by atoms with Gasteiger partial charge in [0.05, 0.1) is 36.7 Å². The highest BCUT2D eigenvalue weighted by molar-refractivity contribution is 8.76. The lowest BCUT2D eigenvalue weighted by atomic mass is 9.83. The first kappa shape index (κ1) is 46.3. The molecular formula is C43H60N8O8S2. The summed E-state index contributed by atoms with van der Waals surface area (Å²) >= 11 is 0. The van der Waals surface area contributed by atoms with Crippen molar-refractivity contribution in [1.82, 2.24) is 31.1 Å². The second-order valence-electron chi connectivity index (χ2n) is 17.6. The number of fused-ring (bicyclic) bond motifs is 2. The van der Waals surface area contributed by atoms with Gasteiger partial charge >= 0.3 is 0 Å². The third-order valence-corrected chi connectivity index (χ3v) is 14.8. The largest absolute Gasteiger partial charge is 0.358 e. The monoisotopic (exact) mass is 880 g/mol. The Morgan fingerprint density at radius 3 is 1.72 bits per heavy atom. The quantitative estimate of drug-likeness (QED) is 0.185. The molecule has 4 aliphatic rings. The van der Waals surface area contributed by atoms with E-state index in [1.165, 1.54) is 31.4 Å². The Morgan fingerprint density at radius 1 is 0.721 bits per heavy atom. The fourth-order valence-corrected chi connectivity index (χ4v) is 10.9. The predicted octanol–water partition coefficient (Wildman–Crippen LogP) is 3.32. The number of hydrogen-bond acceptors (Lipinski definition) is 12. The second-order valence-corrected chi connectivity index (χ2v) is 19.8. The molecule has 0 radical (unpaired) electrons. The molecule has 4 saturated heterocycles. The fraction of sp³-hybridized carbons (Fsp3) is 0.581. The van der Waals surface area contributed by atoms with Gasteiger partial charge in [0.15, 0.2) is 0 Å². The van der Waals surface area contributed by atoms with Crippen LogP contribution in [-0.4, -0.2) is 128 Å². The van der Waals surface area contributed by atoms with Gasteiger partial charge in [0, 0.05) is 29.7 Å². The maximum absolute atomic E-state index is 14.7. The molecule has 18 heteroatoms. The first-order valence-corrected chi connectivity index (χ1v) is 23.0. The van der Waals surface area contributed by atoms with Gasteiger partial charge in [-0.1, -0.05) is 73.5 Å². The number of hydrogen-bond donors (Lipinski definition) is 5. The summed E-state index contributed by atoms with van der Waals surface area (Å²) in [4.78, 5) is 88.9. The number of benzene rings is 2. The summed E-state index contributed by atoms with van der Waals surface area (Å²) in [6, 6.07) is 10.5. The molecule has 5 N–H and O–H groups in total. The zero-order chi connectivity index (χ0) is 44.4. The number of likely N-dealkylation sites (N-methyl/N-ethyl adjacent to an activating group) is 3. The average molecular weight is 881 g/mol. The van der Waals surface area contributed by atoms with Crippen LogP contribution in [0.4, 0.5) is 11.4 Å². The summed E-state index contributed by atoms with van der Waals surface area (Å²) < 4.78 is 12.3. The fourth-order valence-electron chi connectivity index (χ4n) is 8.57. The molecule has 332 valence electrons. The Labute approximate surface area is 366 Å². The van der Waals surface area contributed by atoms with Crippen LogP contribution in [0.1, 0.15) is 67.2 Å². The maximum atomic E-state index is 14.7. The molecule has 0 spiro atoms. The van der Waals surface area contributed by atoms with Crippen molar-refractivity contribution < 1.29 is 38.2 Å². The summed E-state index contributed by atoms with van der Waals surface area (Å²) in [5.74, 6) is -1.97. The topological polar surface area (TPSA) is 191 Å². The average Bonchev–Trinajstić information content (AvgIpc) is 3.55. The van der Waals surface area contributed by atoms with Gasteiger partial charge in [-0.25, -0.2) is 0 Å². The summed E-state index contributed by atoms with van der Waals surface area (Å²) in [5.41, 5.74) is -0.0988. The Kier molecular flexibility index (Phi) is 14.5. The highest BCUT2D eigenvalue weighted by atomic mass is 33.1. The van der Waals surface area contributed by atoms with E-state index in [4.69, 9.17) is 9.47 Å². The molecule has 4 fully saturated rings. The molecule has 0 aliphatic carbocycles. The van der Waals surface area contributed by atoms with Crippen LogP contribution in [0, 0.1) is 10.8 Å². The van der Waals surface area contributed by atoms with Crippen molar-refractivity contribution in [3.63, 3.8) is 0 Å². The van der Waals surface area contributed by atoms with Crippen LogP contribution in [0.15, 0.2) is 58.3 Å². The van der Waals surface area contributed by atoms with Gasteiger partial charge in [0.25, 0.3) is 0 Å². The zero-order valence-corrected chi connectivity index (χ0v) is 38.0. The highest BCUT2D eigenvalue weighted by Gasteiger charge is 2.57. The van der Waals surface area contributed by atoms with Crippen LogP contribution in [0.5, 0.6) is 0 Å². The molecule has 61 heavy (non-hydrogen) atoms. The van der Waals surface area contributed by atoms with E-state index in [0.717, 1.165) is 9.79 Å². The Bertz CT molecular complexity index is 2000. The lowest BCUT2D eigenvalue weighted by Crippen LogP contribution is -2.58. The normalized spacial score (nSPS) is 26.6. The van der Waals surface area contributed by atoms with Crippen LogP contribution in [0.3, 0.4) is 0 Å². The Balaban J connectivity index is 1.18. The Hall–Kier alpha value is -4.20. The SMILES string of the molecule is CN[C@@H](C)C(=O)N[C@H]1CCO[C@H]2CC(C)(C)C(C(=O)N(C)c3ccccc3SSc3ccccc3NC(=O)[C@H]3N4C(=O)[C@@H](NC(=O)[C@H](C)NC)CCO[C@H]4CC3(C)C)N2C1=O. The first-order chi connectivity index (χ1) is 28.9. The van der Waals surface area contributed by atoms with Crippen molar-refractivity contribution in [2.24, 2.45) is 10.8 Å². The van der Waals surface area contributed by atoms with E-state index in [0.29, 0.717) is 37.1 Å². The number of anilines is 2. The van der Waals surface area contributed by atoms with Crippen molar-refractivity contribution in [2.45, 2.75) is 126 Å².